The first-order chi connectivity index (χ1) is 9.08. The number of thiocarbonyl (C=S) groups is 1. The summed E-state index contributed by atoms with van der Waals surface area (Å²) in [5.41, 5.74) is 5.66. The standard InChI is InChI=1S/C16H18N2S/c1-11-7-4-5-10-14(11)17-16(19)18-15-12(2)8-6-9-13(15)3/h4-10H,1-3H3,(H2,17,18,19). The van der Waals surface area contributed by atoms with Gasteiger partial charge in [-0.25, -0.2) is 0 Å². The topological polar surface area (TPSA) is 24.1 Å². The van der Waals surface area contributed by atoms with Crippen LogP contribution in [0.15, 0.2) is 42.5 Å². The molecule has 2 rings (SSSR count). The molecule has 0 saturated heterocycles. The fraction of sp³-hybridized carbons (Fsp3) is 0.188. The normalized spacial score (nSPS) is 10.1. The molecule has 0 saturated carbocycles. The van der Waals surface area contributed by atoms with E-state index >= 15 is 0 Å². The molecule has 0 radical (unpaired) electrons. The molecule has 0 amide bonds. The third-order valence-corrected chi connectivity index (χ3v) is 3.32. The molecule has 0 aliphatic carbocycles. The Hall–Kier alpha value is -1.87. The average Bonchev–Trinajstić information content (AvgIpc) is 2.37. The lowest BCUT2D eigenvalue weighted by atomic mass is 10.1. The largest absolute Gasteiger partial charge is 0.332 e. The number of anilines is 2. The monoisotopic (exact) mass is 270 g/mol. The van der Waals surface area contributed by atoms with Crippen molar-refractivity contribution in [3.05, 3.63) is 59.2 Å². The second kappa shape index (κ2) is 5.85. The highest BCUT2D eigenvalue weighted by molar-refractivity contribution is 7.80. The lowest BCUT2D eigenvalue weighted by Crippen LogP contribution is -2.20. The van der Waals surface area contributed by atoms with E-state index in [1.165, 1.54) is 16.7 Å². The van der Waals surface area contributed by atoms with Crippen molar-refractivity contribution in [3.63, 3.8) is 0 Å². The van der Waals surface area contributed by atoms with Crippen molar-refractivity contribution in [3.8, 4) is 0 Å². The molecule has 0 atom stereocenters. The van der Waals surface area contributed by atoms with E-state index in [-0.39, 0.29) is 0 Å². The van der Waals surface area contributed by atoms with Gasteiger partial charge in [-0.15, -0.1) is 0 Å². The summed E-state index contributed by atoms with van der Waals surface area (Å²) in [5.74, 6) is 0. The van der Waals surface area contributed by atoms with E-state index in [0.717, 1.165) is 11.4 Å². The maximum absolute atomic E-state index is 5.37. The third kappa shape index (κ3) is 3.32. The SMILES string of the molecule is Cc1ccccc1NC(=S)Nc1c(C)cccc1C. The molecule has 0 aliphatic heterocycles. The van der Waals surface area contributed by atoms with Crippen LogP contribution in [0.1, 0.15) is 16.7 Å². The van der Waals surface area contributed by atoms with Crippen LogP contribution in [-0.2, 0) is 0 Å². The van der Waals surface area contributed by atoms with Gasteiger partial charge in [-0.1, -0.05) is 36.4 Å². The van der Waals surface area contributed by atoms with Crippen molar-refractivity contribution >= 4 is 28.7 Å². The number of nitrogens with one attached hydrogen (secondary N) is 2. The molecule has 0 bridgehead atoms. The molecular formula is C16H18N2S. The van der Waals surface area contributed by atoms with Gasteiger partial charge in [0.15, 0.2) is 5.11 Å². The molecule has 0 aliphatic rings. The molecule has 2 nitrogen and oxygen atoms in total. The zero-order valence-corrected chi connectivity index (χ0v) is 12.3. The minimum atomic E-state index is 0.617. The second-order valence-corrected chi connectivity index (χ2v) is 5.07. The Morgan fingerprint density at radius 2 is 1.37 bits per heavy atom. The van der Waals surface area contributed by atoms with E-state index in [0.29, 0.717) is 5.11 Å². The van der Waals surface area contributed by atoms with Crippen LogP contribution in [0.4, 0.5) is 11.4 Å². The first-order valence-electron chi connectivity index (χ1n) is 6.28. The van der Waals surface area contributed by atoms with Crippen molar-refractivity contribution in [2.75, 3.05) is 10.6 Å². The van der Waals surface area contributed by atoms with E-state index in [4.69, 9.17) is 12.2 Å². The first kappa shape index (κ1) is 13.6. The molecule has 0 unspecified atom stereocenters. The summed E-state index contributed by atoms with van der Waals surface area (Å²) in [6, 6.07) is 14.3. The molecule has 2 aromatic carbocycles. The van der Waals surface area contributed by atoms with Crippen LogP contribution in [0.5, 0.6) is 0 Å². The van der Waals surface area contributed by atoms with Crippen molar-refractivity contribution < 1.29 is 0 Å². The molecule has 2 aromatic rings. The van der Waals surface area contributed by atoms with Crippen molar-refractivity contribution in [2.24, 2.45) is 0 Å². The quantitative estimate of drug-likeness (QED) is 0.790. The van der Waals surface area contributed by atoms with Gasteiger partial charge in [0.05, 0.1) is 0 Å². The zero-order chi connectivity index (χ0) is 13.8. The van der Waals surface area contributed by atoms with E-state index in [9.17, 15) is 0 Å². The maximum atomic E-state index is 5.37. The Morgan fingerprint density at radius 3 is 2.00 bits per heavy atom. The Kier molecular flexibility index (Phi) is 4.17. The van der Waals surface area contributed by atoms with Crippen LogP contribution in [0.25, 0.3) is 0 Å². The third-order valence-electron chi connectivity index (χ3n) is 3.11. The number of aryl methyl sites for hydroxylation is 3. The van der Waals surface area contributed by atoms with Crippen LogP contribution in [-0.4, -0.2) is 5.11 Å². The van der Waals surface area contributed by atoms with Crippen LogP contribution in [0, 0.1) is 20.8 Å². The number of benzene rings is 2. The fourth-order valence-corrected chi connectivity index (χ4v) is 2.20. The molecule has 3 heteroatoms. The molecule has 0 fully saturated rings. The number of hydrogen-bond donors (Lipinski definition) is 2. The number of para-hydroxylation sites is 2. The van der Waals surface area contributed by atoms with Crippen molar-refractivity contribution in [1.82, 2.24) is 0 Å². The molecule has 19 heavy (non-hydrogen) atoms. The summed E-state index contributed by atoms with van der Waals surface area (Å²) in [6.45, 7) is 6.21. The molecule has 0 spiro atoms. The molecule has 0 heterocycles. The van der Waals surface area contributed by atoms with Crippen molar-refractivity contribution in [2.45, 2.75) is 20.8 Å². The van der Waals surface area contributed by atoms with Crippen LogP contribution in [0.2, 0.25) is 0 Å². The summed E-state index contributed by atoms with van der Waals surface area (Å²) >= 11 is 5.37. The molecular weight excluding hydrogens is 252 g/mol. The predicted octanol–water partition coefficient (Wildman–Crippen LogP) is 4.42. The molecule has 2 N–H and O–H groups in total. The molecule has 0 aromatic heterocycles. The van der Waals surface area contributed by atoms with E-state index < -0.39 is 0 Å². The summed E-state index contributed by atoms with van der Waals surface area (Å²) in [5, 5.41) is 7.13. The van der Waals surface area contributed by atoms with Gasteiger partial charge in [0.25, 0.3) is 0 Å². The lowest BCUT2D eigenvalue weighted by Gasteiger charge is -2.15. The summed E-state index contributed by atoms with van der Waals surface area (Å²) in [6.07, 6.45) is 0. The lowest BCUT2D eigenvalue weighted by molar-refractivity contribution is 1.37. The van der Waals surface area contributed by atoms with E-state index in [1.807, 2.05) is 24.3 Å². The Labute approximate surface area is 119 Å². The fourth-order valence-electron chi connectivity index (χ4n) is 1.99. The summed E-state index contributed by atoms with van der Waals surface area (Å²) in [4.78, 5) is 0. The van der Waals surface area contributed by atoms with Gasteiger partial charge in [-0.3, -0.25) is 0 Å². The van der Waals surface area contributed by atoms with Gasteiger partial charge in [-0.2, -0.15) is 0 Å². The van der Waals surface area contributed by atoms with Gasteiger partial charge in [0, 0.05) is 11.4 Å². The maximum Gasteiger partial charge on any atom is 0.175 e. The van der Waals surface area contributed by atoms with Gasteiger partial charge >= 0.3 is 0 Å². The Bertz CT molecular complexity index is 585. The van der Waals surface area contributed by atoms with Gasteiger partial charge in [0.1, 0.15) is 0 Å². The predicted molar refractivity (Wildman–Crippen MR) is 86.9 cm³/mol. The van der Waals surface area contributed by atoms with Gasteiger partial charge in [0.2, 0.25) is 0 Å². The second-order valence-electron chi connectivity index (χ2n) is 4.66. The van der Waals surface area contributed by atoms with E-state index in [2.05, 4.69) is 49.6 Å². The zero-order valence-electron chi connectivity index (χ0n) is 11.4. The van der Waals surface area contributed by atoms with Crippen LogP contribution in [0.3, 0.4) is 0 Å². The first-order valence-corrected chi connectivity index (χ1v) is 6.68. The van der Waals surface area contributed by atoms with Gasteiger partial charge < -0.3 is 10.6 Å². The average molecular weight is 270 g/mol. The minimum Gasteiger partial charge on any atom is -0.332 e. The summed E-state index contributed by atoms with van der Waals surface area (Å²) < 4.78 is 0. The van der Waals surface area contributed by atoms with Crippen LogP contribution >= 0.6 is 12.2 Å². The highest BCUT2D eigenvalue weighted by Gasteiger charge is 2.05. The molecule has 98 valence electrons. The minimum absolute atomic E-state index is 0.617. The highest BCUT2D eigenvalue weighted by atomic mass is 32.1. The Balaban J connectivity index is 2.12. The number of hydrogen-bond acceptors (Lipinski definition) is 1. The van der Waals surface area contributed by atoms with Crippen molar-refractivity contribution in [1.29, 1.82) is 0 Å². The van der Waals surface area contributed by atoms with Crippen LogP contribution < -0.4 is 10.6 Å². The number of rotatable bonds is 2. The van der Waals surface area contributed by atoms with E-state index in [1.54, 1.807) is 0 Å². The Morgan fingerprint density at radius 1 is 0.789 bits per heavy atom. The highest BCUT2D eigenvalue weighted by Crippen LogP contribution is 2.20. The smallest absolute Gasteiger partial charge is 0.175 e. The van der Waals surface area contributed by atoms with Gasteiger partial charge in [-0.05, 0) is 55.7 Å². The summed E-state index contributed by atoms with van der Waals surface area (Å²) in [7, 11) is 0.